The summed E-state index contributed by atoms with van der Waals surface area (Å²) < 4.78 is 5.38. The highest BCUT2D eigenvalue weighted by Gasteiger charge is 2.04. The lowest BCUT2D eigenvalue weighted by Crippen LogP contribution is -1.92. The summed E-state index contributed by atoms with van der Waals surface area (Å²) in [6.45, 7) is 0. The van der Waals surface area contributed by atoms with E-state index in [4.69, 9.17) is 0 Å². The Morgan fingerprint density at radius 2 is 1.95 bits per heavy atom. The molecule has 2 aromatic carbocycles. The van der Waals surface area contributed by atoms with Gasteiger partial charge in [0.05, 0.1) is 15.8 Å². The van der Waals surface area contributed by atoms with E-state index in [0.29, 0.717) is 5.82 Å². The van der Waals surface area contributed by atoms with Crippen LogP contribution in [0.25, 0.3) is 10.1 Å². The molecule has 0 fully saturated rings. The Labute approximate surface area is 124 Å². The molecule has 1 heterocycles. The van der Waals surface area contributed by atoms with Crippen LogP contribution < -0.4 is 5.43 Å². The van der Waals surface area contributed by atoms with Gasteiger partial charge in [-0.2, -0.15) is 9.47 Å². The minimum absolute atomic E-state index is 0.0607. The number of hydrazone groups is 1. The van der Waals surface area contributed by atoms with E-state index in [2.05, 4.69) is 14.9 Å². The van der Waals surface area contributed by atoms with E-state index in [9.17, 15) is 10.1 Å². The number of hydrogen-bond donors (Lipinski definition) is 1. The molecule has 0 radical (unpaired) electrons. The molecule has 21 heavy (non-hydrogen) atoms. The van der Waals surface area contributed by atoms with E-state index in [1.54, 1.807) is 18.3 Å². The van der Waals surface area contributed by atoms with Crippen molar-refractivity contribution in [1.29, 1.82) is 0 Å². The van der Waals surface area contributed by atoms with Crippen molar-refractivity contribution >= 4 is 39.3 Å². The lowest BCUT2D eigenvalue weighted by atomic mass is 10.2. The third-order valence-corrected chi connectivity index (χ3v) is 3.69. The second kappa shape index (κ2) is 5.68. The molecule has 0 bridgehead atoms. The fourth-order valence-electron chi connectivity index (χ4n) is 1.82. The van der Waals surface area contributed by atoms with Crippen LogP contribution in [-0.2, 0) is 0 Å². The monoisotopic (exact) mass is 298 g/mol. The van der Waals surface area contributed by atoms with Gasteiger partial charge in [0.1, 0.15) is 0 Å². The molecule has 1 N–H and O–H groups in total. The maximum Gasteiger partial charge on any atom is 0.269 e. The molecule has 1 aromatic heterocycles. The van der Waals surface area contributed by atoms with Gasteiger partial charge >= 0.3 is 0 Å². The average Bonchev–Trinajstić information content (AvgIpc) is 2.91. The maximum absolute atomic E-state index is 10.6. The van der Waals surface area contributed by atoms with Crippen molar-refractivity contribution in [3.8, 4) is 0 Å². The van der Waals surface area contributed by atoms with Gasteiger partial charge in [0, 0.05) is 17.5 Å². The van der Waals surface area contributed by atoms with Crippen LogP contribution in [0.3, 0.4) is 0 Å². The second-order valence-corrected chi connectivity index (χ2v) is 5.05. The normalized spacial score (nSPS) is 11.0. The molecule has 3 aromatic rings. The van der Waals surface area contributed by atoms with Gasteiger partial charge in [0.15, 0.2) is 5.82 Å². The number of nitrogens with one attached hydrogen (secondary N) is 1. The molecular weight excluding hydrogens is 288 g/mol. The number of hydrogen-bond acceptors (Lipinski definition) is 6. The summed E-state index contributed by atoms with van der Waals surface area (Å²) in [4.78, 5) is 10.1. The van der Waals surface area contributed by atoms with E-state index in [-0.39, 0.29) is 5.69 Å². The van der Waals surface area contributed by atoms with E-state index in [1.807, 2.05) is 24.3 Å². The number of rotatable bonds is 4. The molecular formula is C14H10N4O2S. The van der Waals surface area contributed by atoms with Gasteiger partial charge in [-0.15, -0.1) is 0 Å². The number of nitrogens with zero attached hydrogens (tertiary/aromatic N) is 3. The van der Waals surface area contributed by atoms with Crippen molar-refractivity contribution in [2.75, 3.05) is 5.43 Å². The number of nitro benzene ring substituents is 1. The van der Waals surface area contributed by atoms with Crippen molar-refractivity contribution < 1.29 is 4.92 Å². The third-order valence-electron chi connectivity index (χ3n) is 2.87. The summed E-state index contributed by atoms with van der Waals surface area (Å²) in [5.41, 5.74) is 3.72. The van der Waals surface area contributed by atoms with Gasteiger partial charge in [-0.05, 0) is 41.4 Å². The van der Waals surface area contributed by atoms with Crippen LogP contribution in [0.2, 0.25) is 0 Å². The van der Waals surface area contributed by atoms with Crippen molar-refractivity contribution in [1.82, 2.24) is 4.37 Å². The van der Waals surface area contributed by atoms with Crippen LogP contribution in [0.4, 0.5) is 11.5 Å². The number of fused-ring (bicyclic) bond motifs is 1. The third kappa shape index (κ3) is 2.87. The van der Waals surface area contributed by atoms with Crippen LogP contribution in [-0.4, -0.2) is 15.5 Å². The molecule has 6 nitrogen and oxygen atoms in total. The molecule has 0 unspecified atom stereocenters. The molecule has 0 aliphatic rings. The highest BCUT2D eigenvalue weighted by atomic mass is 32.1. The van der Waals surface area contributed by atoms with Crippen LogP contribution in [0.1, 0.15) is 5.56 Å². The van der Waals surface area contributed by atoms with E-state index >= 15 is 0 Å². The minimum Gasteiger partial charge on any atom is -0.260 e. The zero-order valence-electron chi connectivity index (χ0n) is 10.8. The molecule has 0 aliphatic carbocycles. The summed E-state index contributed by atoms with van der Waals surface area (Å²) in [6.07, 6.45) is 1.60. The Hall–Kier alpha value is -2.80. The molecule has 7 heteroatoms. The Balaban J connectivity index is 1.73. The van der Waals surface area contributed by atoms with Crippen molar-refractivity contribution in [3.05, 3.63) is 64.2 Å². The van der Waals surface area contributed by atoms with Gasteiger partial charge in [0.2, 0.25) is 0 Å². The smallest absolute Gasteiger partial charge is 0.260 e. The van der Waals surface area contributed by atoms with Crippen LogP contribution in [0.5, 0.6) is 0 Å². The maximum atomic E-state index is 10.6. The summed E-state index contributed by atoms with van der Waals surface area (Å²) in [7, 11) is 0. The Morgan fingerprint density at radius 1 is 1.19 bits per heavy atom. The number of aromatic nitrogens is 1. The van der Waals surface area contributed by atoms with Crippen LogP contribution in [0, 0.1) is 10.1 Å². The SMILES string of the molecule is O=[N+]([O-])c1ccc(C=NNc2nsc3ccccc23)cc1. The number of benzene rings is 2. The van der Waals surface area contributed by atoms with E-state index < -0.39 is 4.92 Å². The second-order valence-electron chi connectivity index (χ2n) is 4.25. The topological polar surface area (TPSA) is 80.4 Å². The lowest BCUT2D eigenvalue weighted by molar-refractivity contribution is -0.384. The molecule has 0 spiro atoms. The minimum atomic E-state index is -0.430. The Morgan fingerprint density at radius 3 is 2.71 bits per heavy atom. The van der Waals surface area contributed by atoms with E-state index in [0.717, 1.165) is 15.6 Å². The molecule has 0 atom stereocenters. The molecule has 3 rings (SSSR count). The predicted molar refractivity (Wildman–Crippen MR) is 83.9 cm³/mol. The fourth-order valence-corrected chi connectivity index (χ4v) is 2.55. The fraction of sp³-hybridized carbons (Fsp3) is 0. The van der Waals surface area contributed by atoms with Crippen LogP contribution in [0.15, 0.2) is 53.6 Å². The Bertz CT molecular complexity index is 811. The molecule has 0 amide bonds. The first-order valence-electron chi connectivity index (χ1n) is 6.12. The first-order chi connectivity index (χ1) is 10.2. The van der Waals surface area contributed by atoms with Crippen LogP contribution >= 0.6 is 11.5 Å². The number of nitro groups is 1. The number of non-ortho nitro benzene ring substituents is 1. The molecule has 0 saturated heterocycles. The zero-order chi connectivity index (χ0) is 14.7. The largest absolute Gasteiger partial charge is 0.269 e. The predicted octanol–water partition coefficient (Wildman–Crippen LogP) is 3.65. The average molecular weight is 298 g/mol. The molecule has 104 valence electrons. The summed E-state index contributed by atoms with van der Waals surface area (Å²) in [5.74, 6) is 0.703. The highest BCUT2D eigenvalue weighted by Crippen LogP contribution is 2.25. The van der Waals surface area contributed by atoms with Crippen molar-refractivity contribution in [2.45, 2.75) is 0 Å². The first kappa shape index (κ1) is 13.2. The van der Waals surface area contributed by atoms with Crippen molar-refractivity contribution in [2.24, 2.45) is 5.10 Å². The summed E-state index contributed by atoms with van der Waals surface area (Å²) in [5, 5.41) is 15.7. The van der Waals surface area contributed by atoms with Gasteiger partial charge in [-0.1, -0.05) is 12.1 Å². The van der Waals surface area contributed by atoms with Crippen molar-refractivity contribution in [3.63, 3.8) is 0 Å². The van der Waals surface area contributed by atoms with Gasteiger partial charge in [-0.25, -0.2) is 0 Å². The molecule has 0 aliphatic heterocycles. The quantitative estimate of drug-likeness (QED) is 0.453. The lowest BCUT2D eigenvalue weighted by Gasteiger charge is -1.96. The van der Waals surface area contributed by atoms with Gasteiger partial charge in [-0.3, -0.25) is 15.5 Å². The van der Waals surface area contributed by atoms with E-state index in [1.165, 1.54) is 23.7 Å². The van der Waals surface area contributed by atoms with Gasteiger partial charge < -0.3 is 0 Å². The number of anilines is 1. The first-order valence-corrected chi connectivity index (χ1v) is 6.89. The standard InChI is InChI=1S/C14H10N4O2S/c19-18(20)11-7-5-10(6-8-11)9-15-16-14-12-3-1-2-4-13(12)21-17-14/h1-9H,(H,16,17). The summed E-state index contributed by atoms with van der Waals surface area (Å²) in [6, 6.07) is 14.1. The summed E-state index contributed by atoms with van der Waals surface area (Å²) >= 11 is 1.40. The molecule has 0 saturated carbocycles. The highest BCUT2D eigenvalue weighted by molar-refractivity contribution is 7.13. The zero-order valence-corrected chi connectivity index (χ0v) is 11.6. The Kier molecular flexibility index (Phi) is 3.57. The van der Waals surface area contributed by atoms with Gasteiger partial charge in [0.25, 0.3) is 5.69 Å².